The number of carbonyl (C=O) groups excluding carboxylic acids is 2. The Morgan fingerprint density at radius 2 is 2.08 bits per heavy atom. The van der Waals surface area contributed by atoms with Crippen molar-refractivity contribution in [3.8, 4) is 0 Å². The molecule has 3 fully saturated rings. The van der Waals surface area contributed by atoms with E-state index in [1.807, 2.05) is 6.08 Å². The van der Waals surface area contributed by atoms with Gasteiger partial charge in [-0.15, -0.1) is 0 Å². The molecule has 1 aromatic carbocycles. The fourth-order valence-corrected chi connectivity index (χ4v) is 4.72. The molecule has 2 saturated heterocycles. The van der Waals surface area contributed by atoms with E-state index in [0.717, 1.165) is 43.6 Å². The summed E-state index contributed by atoms with van der Waals surface area (Å²) in [7, 11) is 0. The quantitative estimate of drug-likeness (QED) is 0.327. The van der Waals surface area contributed by atoms with Gasteiger partial charge in [-0.1, -0.05) is 6.58 Å². The van der Waals surface area contributed by atoms with Crippen LogP contribution >= 0.6 is 0 Å². The zero-order valence-electron chi connectivity index (χ0n) is 20.8. The first-order chi connectivity index (χ1) is 18.4. The molecule has 0 bridgehead atoms. The fourth-order valence-electron chi connectivity index (χ4n) is 4.72. The molecule has 196 valence electrons. The summed E-state index contributed by atoms with van der Waals surface area (Å²) in [5.74, 6) is 0.192. The van der Waals surface area contributed by atoms with E-state index in [2.05, 4.69) is 38.3 Å². The lowest BCUT2D eigenvalue weighted by Crippen LogP contribution is -2.45. The van der Waals surface area contributed by atoms with Crippen LogP contribution in [-0.2, 0) is 4.79 Å². The van der Waals surface area contributed by atoms with Crippen LogP contribution in [0.15, 0.2) is 48.3 Å². The van der Waals surface area contributed by atoms with Crippen LogP contribution in [0.2, 0.25) is 0 Å². The Balaban J connectivity index is 1.27. The number of aromatic nitrogens is 3. The molecule has 38 heavy (non-hydrogen) atoms. The van der Waals surface area contributed by atoms with Crippen molar-refractivity contribution in [3.63, 3.8) is 0 Å². The number of nitrogens with one attached hydrogen (secondary N) is 5. The van der Waals surface area contributed by atoms with E-state index >= 15 is 4.39 Å². The highest BCUT2D eigenvalue weighted by atomic mass is 19.1. The van der Waals surface area contributed by atoms with Gasteiger partial charge in [-0.2, -0.15) is 9.61 Å². The zero-order chi connectivity index (χ0) is 26.2. The van der Waals surface area contributed by atoms with E-state index < -0.39 is 5.82 Å². The number of benzene rings is 1. The van der Waals surface area contributed by atoms with Gasteiger partial charge in [0.2, 0.25) is 5.91 Å². The molecule has 3 aliphatic rings. The number of hydrogen-bond donors (Lipinski definition) is 5. The molecule has 1 atom stereocenters. The number of anilines is 3. The fraction of sp³-hybridized carbons (Fsp3) is 0.333. The summed E-state index contributed by atoms with van der Waals surface area (Å²) in [5.41, 5.74) is 3.06. The second-order valence-corrected chi connectivity index (χ2v) is 9.99. The minimum absolute atomic E-state index is 0.0422. The van der Waals surface area contributed by atoms with Crippen molar-refractivity contribution in [3.05, 3.63) is 65.3 Å². The van der Waals surface area contributed by atoms with Crippen LogP contribution < -0.4 is 26.6 Å². The maximum absolute atomic E-state index is 15.1. The third kappa shape index (κ3) is 5.10. The number of allylic oxidation sites excluding steroid dienone is 1. The molecule has 10 nitrogen and oxygen atoms in total. The predicted molar refractivity (Wildman–Crippen MR) is 143 cm³/mol. The number of rotatable bonds is 7. The number of fused-ring (bicyclic) bond motifs is 1. The molecule has 1 unspecified atom stereocenters. The van der Waals surface area contributed by atoms with Gasteiger partial charge < -0.3 is 26.6 Å². The Morgan fingerprint density at radius 3 is 2.79 bits per heavy atom. The normalized spacial score (nSPS) is 20.6. The van der Waals surface area contributed by atoms with Crippen LogP contribution in [0.3, 0.4) is 0 Å². The average Bonchev–Trinajstić information content (AvgIpc) is 3.54. The second kappa shape index (κ2) is 9.90. The molecule has 4 heterocycles. The third-order valence-electron chi connectivity index (χ3n) is 6.91. The molecule has 2 aromatic heterocycles. The molecule has 1 aliphatic carbocycles. The Bertz CT molecular complexity index is 1470. The topological polar surface area (TPSA) is 124 Å². The monoisotopic (exact) mass is 516 g/mol. The number of carbonyl (C=O) groups is 2. The van der Waals surface area contributed by atoms with Crippen molar-refractivity contribution in [2.75, 3.05) is 23.7 Å². The lowest BCUT2D eigenvalue weighted by molar-refractivity contribution is -0.118. The second-order valence-electron chi connectivity index (χ2n) is 9.99. The molecule has 1 saturated carbocycles. The van der Waals surface area contributed by atoms with Crippen LogP contribution in [0.1, 0.15) is 48.0 Å². The molecular weight excluding hydrogens is 487 g/mol. The minimum Gasteiger partial charge on any atom is -0.367 e. The Hall–Kier alpha value is -4.25. The molecule has 11 heteroatoms. The first kappa shape index (κ1) is 24.1. The first-order valence-electron chi connectivity index (χ1n) is 12.9. The summed E-state index contributed by atoms with van der Waals surface area (Å²) < 4.78 is 16.8. The molecule has 3 aromatic rings. The van der Waals surface area contributed by atoms with Crippen molar-refractivity contribution >= 4 is 40.9 Å². The number of hydrogen-bond acceptors (Lipinski definition) is 7. The van der Waals surface area contributed by atoms with E-state index in [0.29, 0.717) is 35.3 Å². The first-order valence-corrected chi connectivity index (χ1v) is 12.9. The van der Waals surface area contributed by atoms with E-state index in [1.165, 1.54) is 6.07 Å². The van der Waals surface area contributed by atoms with Gasteiger partial charge in [-0.05, 0) is 62.1 Å². The van der Waals surface area contributed by atoms with E-state index in [9.17, 15) is 9.59 Å². The number of amides is 2. The molecule has 0 spiro atoms. The zero-order valence-corrected chi connectivity index (χ0v) is 20.8. The van der Waals surface area contributed by atoms with Crippen molar-refractivity contribution in [1.29, 1.82) is 0 Å². The van der Waals surface area contributed by atoms with Gasteiger partial charge >= 0.3 is 0 Å². The Morgan fingerprint density at radius 1 is 1.21 bits per heavy atom. The maximum Gasteiger partial charge on any atom is 0.251 e. The SMILES string of the molecule is C=C1NC(=O)C/C1=C\c1cnn2c(NC3CC3)cc(Nc3ccc(C(=O)NC4CCCNC4)cc3F)nc12. The highest BCUT2D eigenvalue weighted by Gasteiger charge is 2.24. The summed E-state index contributed by atoms with van der Waals surface area (Å²) in [6, 6.07) is 6.56. The summed E-state index contributed by atoms with van der Waals surface area (Å²) in [5, 5.41) is 19.9. The van der Waals surface area contributed by atoms with Crippen LogP contribution in [0.25, 0.3) is 11.7 Å². The van der Waals surface area contributed by atoms with Gasteiger partial charge in [0.15, 0.2) is 5.65 Å². The highest BCUT2D eigenvalue weighted by molar-refractivity contribution is 5.95. The smallest absolute Gasteiger partial charge is 0.251 e. The van der Waals surface area contributed by atoms with Crippen molar-refractivity contribution in [2.24, 2.45) is 0 Å². The van der Waals surface area contributed by atoms with E-state index in [-0.39, 0.29) is 35.5 Å². The molecule has 2 amide bonds. The standard InChI is InChI=1S/C27H29FN8O2/c1-15-17(11-25(37)31-15)9-18-13-30-36-24(32-19-5-6-19)12-23(35-26(18)36)34-22-7-4-16(10-21(22)28)27(38)33-20-3-2-8-29-14-20/h4,7,9-10,12-13,19-20,29,32H,1-3,5-6,8,11,14H2,(H,31,37)(H,33,38)(H,34,35)/b17-9+. The number of piperidine rings is 1. The third-order valence-corrected chi connectivity index (χ3v) is 6.91. The van der Waals surface area contributed by atoms with Gasteiger partial charge in [-0.3, -0.25) is 9.59 Å². The summed E-state index contributed by atoms with van der Waals surface area (Å²) in [4.78, 5) is 29.1. The van der Waals surface area contributed by atoms with Gasteiger partial charge in [0.25, 0.3) is 5.91 Å². The van der Waals surface area contributed by atoms with Crippen LogP contribution in [-0.4, -0.2) is 51.6 Å². The predicted octanol–water partition coefficient (Wildman–Crippen LogP) is 3.09. The van der Waals surface area contributed by atoms with Gasteiger partial charge in [-0.25, -0.2) is 9.37 Å². The molecule has 6 rings (SSSR count). The minimum atomic E-state index is -0.555. The maximum atomic E-state index is 15.1. The summed E-state index contributed by atoms with van der Waals surface area (Å²) >= 11 is 0. The summed E-state index contributed by atoms with van der Waals surface area (Å²) in [6.45, 7) is 5.56. The average molecular weight is 517 g/mol. The van der Waals surface area contributed by atoms with Gasteiger partial charge in [0.1, 0.15) is 17.5 Å². The lowest BCUT2D eigenvalue weighted by atomic mass is 10.1. The molecule has 5 N–H and O–H groups in total. The van der Waals surface area contributed by atoms with Crippen LogP contribution in [0.4, 0.5) is 21.7 Å². The van der Waals surface area contributed by atoms with Crippen molar-refractivity contribution in [2.45, 2.75) is 44.2 Å². The van der Waals surface area contributed by atoms with Crippen LogP contribution in [0.5, 0.6) is 0 Å². The largest absolute Gasteiger partial charge is 0.367 e. The number of nitrogens with zero attached hydrogens (tertiary/aromatic N) is 3. The number of halogens is 1. The lowest BCUT2D eigenvalue weighted by Gasteiger charge is -2.23. The van der Waals surface area contributed by atoms with Crippen molar-refractivity contribution in [1.82, 2.24) is 30.5 Å². The Labute approximate surface area is 218 Å². The van der Waals surface area contributed by atoms with E-state index in [1.54, 1.807) is 28.9 Å². The van der Waals surface area contributed by atoms with Crippen LogP contribution in [0, 0.1) is 5.82 Å². The molecule has 2 aliphatic heterocycles. The van der Waals surface area contributed by atoms with Gasteiger partial charge in [0, 0.05) is 41.5 Å². The molecular formula is C27H29FN8O2. The van der Waals surface area contributed by atoms with Gasteiger partial charge in [0.05, 0.1) is 18.3 Å². The molecule has 0 radical (unpaired) electrons. The Kier molecular flexibility index (Phi) is 6.28. The van der Waals surface area contributed by atoms with Crippen molar-refractivity contribution < 1.29 is 14.0 Å². The summed E-state index contributed by atoms with van der Waals surface area (Å²) in [6.07, 6.45) is 7.79. The van der Waals surface area contributed by atoms with E-state index in [4.69, 9.17) is 4.98 Å². The highest BCUT2D eigenvalue weighted by Crippen LogP contribution is 2.30.